The average molecular weight is 180 g/mol. The van der Waals surface area contributed by atoms with Crippen LogP contribution in [0.15, 0.2) is 6.20 Å². The quantitative estimate of drug-likeness (QED) is 0.765. The summed E-state index contributed by atoms with van der Waals surface area (Å²) >= 11 is 0. The fraction of sp³-hybridized carbons (Fsp3) is 0.700. The summed E-state index contributed by atoms with van der Waals surface area (Å²) < 4.78 is 2.06. The standard InChI is InChI=1S/C10H16N2O/c1-2-5-12-10(8-3-4-8)9(7-13)6-11-12/h6,8,13H,2-5,7H2,1H3. The first kappa shape index (κ1) is 8.75. The van der Waals surface area contributed by atoms with Gasteiger partial charge in [0.05, 0.1) is 12.8 Å². The summed E-state index contributed by atoms with van der Waals surface area (Å²) in [5, 5.41) is 13.4. The van der Waals surface area contributed by atoms with Gasteiger partial charge in [0, 0.05) is 23.7 Å². The third-order valence-corrected chi connectivity index (χ3v) is 2.53. The molecule has 1 saturated carbocycles. The third-order valence-electron chi connectivity index (χ3n) is 2.53. The Kier molecular flexibility index (Phi) is 2.36. The van der Waals surface area contributed by atoms with Gasteiger partial charge in [0.25, 0.3) is 0 Å². The van der Waals surface area contributed by atoms with Crippen LogP contribution in [0.25, 0.3) is 0 Å². The molecule has 3 heteroatoms. The zero-order valence-corrected chi connectivity index (χ0v) is 8.03. The summed E-state index contributed by atoms with van der Waals surface area (Å²) in [5.41, 5.74) is 2.31. The highest BCUT2D eigenvalue weighted by Crippen LogP contribution is 2.41. The highest BCUT2D eigenvalue weighted by molar-refractivity contribution is 5.24. The van der Waals surface area contributed by atoms with Gasteiger partial charge >= 0.3 is 0 Å². The molecule has 0 atom stereocenters. The zero-order chi connectivity index (χ0) is 9.26. The van der Waals surface area contributed by atoms with E-state index in [-0.39, 0.29) is 6.61 Å². The molecule has 1 N–H and O–H groups in total. The van der Waals surface area contributed by atoms with Gasteiger partial charge in [0.2, 0.25) is 0 Å². The number of hydrogen-bond donors (Lipinski definition) is 1. The number of rotatable bonds is 4. The maximum atomic E-state index is 9.12. The number of hydrogen-bond acceptors (Lipinski definition) is 2. The summed E-state index contributed by atoms with van der Waals surface area (Å²) in [6.45, 7) is 3.26. The Bertz CT molecular complexity index is 289. The van der Waals surface area contributed by atoms with Gasteiger partial charge in [-0.15, -0.1) is 0 Å². The Morgan fingerprint density at radius 1 is 1.62 bits per heavy atom. The Balaban J connectivity index is 2.27. The second-order valence-corrected chi connectivity index (χ2v) is 3.71. The number of aliphatic hydroxyl groups excluding tert-OH is 1. The van der Waals surface area contributed by atoms with E-state index in [2.05, 4.69) is 16.7 Å². The third kappa shape index (κ3) is 1.61. The van der Waals surface area contributed by atoms with Crippen molar-refractivity contribution in [1.29, 1.82) is 0 Å². The zero-order valence-electron chi connectivity index (χ0n) is 8.03. The van der Waals surface area contributed by atoms with Crippen LogP contribution in [0.5, 0.6) is 0 Å². The lowest BCUT2D eigenvalue weighted by atomic mass is 10.2. The first-order valence-corrected chi connectivity index (χ1v) is 5.02. The van der Waals surface area contributed by atoms with Gasteiger partial charge in [-0.1, -0.05) is 6.92 Å². The summed E-state index contributed by atoms with van der Waals surface area (Å²) in [6, 6.07) is 0. The normalized spacial score (nSPS) is 16.5. The number of aryl methyl sites for hydroxylation is 1. The van der Waals surface area contributed by atoms with Crippen LogP contribution in [0, 0.1) is 0 Å². The molecule has 2 rings (SSSR count). The van der Waals surface area contributed by atoms with E-state index in [4.69, 9.17) is 5.11 Å². The molecule has 0 amide bonds. The number of aromatic nitrogens is 2. The van der Waals surface area contributed by atoms with E-state index in [1.165, 1.54) is 18.5 Å². The largest absolute Gasteiger partial charge is 0.392 e. The Labute approximate surface area is 78.4 Å². The minimum absolute atomic E-state index is 0.134. The summed E-state index contributed by atoms with van der Waals surface area (Å²) in [4.78, 5) is 0. The predicted molar refractivity (Wildman–Crippen MR) is 50.4 cm³/mol. The van der Waals surface area contributed by atoms with E-state index < -0.39 is 0 Å². The highest BCUT2D eigenvalue weighted by atomic mass is 16.3. The van der Waals surface area contributed by atoms with Crippen LogP contribution in [0.4, 0.5) is 0 Å². The van der Waals surface area contributed by atoms with Crippen molar-refractivity contribution in [2.24, 2.45) is 0 Å². The Morgan fingerprint density at radius 3 is 2.92 bits per heavy atom. The first-order valence-electron chi connectivity index (χ1n) is 5.02. The van der Waals surface area contributed by atoms with Gasteiger partial charge in [0.1, 0.15) is 0 Å². The maximum absolute atomic E-state index is 9.12. The van der Waals surface area contributed by atoms with Crippen molar-refractivity contribution >= 4 is 0 Å². The lowest BCUT2D eigenvalue weighted by Crippen LogP contribution is -2.04. The van der Waals surface area contributed by atoms with Gasteiger partial charge in [-0.3, -0.25) is 4.68 Å². The monoisotopic (exact) mass is 180 g/mol. The molecule has 1 heterocycles. The second kappa shape index (κ2) is 3.50. The van der Waals surface area contributed by atoms with Crippen molar-refractivity contribution in [3.63, 3.8) is 0 Å². The van der Waals surface area contributed by atoms with Gasteiger partial charge in [-0.25, -0.2) is 0 Å². The molecule has 3 nitrogen and oxygen atoms in total. The molecule has 1 fully saturated rings. The van der Waals surface area contributed by atoms with Crippen LogP contribution >= 0.6 is 0 Å². The summed E-state index contributed by atoms with van der Waals surface area (Å²) in [5.74, 6) is 0.677. The van der Waals surface area contributed by atoms with Crippen molar-refractivity contribution in [1.82, 2.24) is 9.78 Å². The van der Waals surface area contributed by atoms with Gasteiger partial charge in [0.15, 0.2) is 0 Å². The van der Waals surface area contributed by atoms with Gasteiger partial charge in [-0.05, 0) is 19.3 Å². The lowest BCUT2D eigenvalue weighted by Gasteiger charge is -2.05. The van der Waals surface area contributed by atoms with Crippen molar-refractivity contribution in [3.8, 4) is 0 Å². The SMILES string of the molecule is CCCn1ncc(CO)c1C1CC1. The minimum Gasteiger partial charge on any atom is -0.392 e. The van der Waals surface area contributed by atoms with Crippen molar-refractivity contribution in [3.05, 3.63) is 17.5 Å². The van der Waals surface area contributed by atoms with Crippen LogP contribution in [-0.2, 0) is 13.2 Å². The molecule has 0 bridgehead atoms. The fourth-order valence-corrected chi connectivity index (χ4v) is 1.78. The molecule has 0 saturated heterocycles. The van der Waals surface area contributed by atoms with Gasteiger partial charge in [-0.2, -0.15) is 5.10 Å². The van der Waals surface area contributed by atoms with Crippen LogP contribution in [0.3, 0.4) is 0 Å². The molecule has 0 spiro atoms. The minimum atomic E-state index is 0.134. The van der Waals surface area contributed by atoms with E-state index in [9.17, 15) is 0 Å². The van der Waals surface area contributed by atoms with Crippen molar-refractivity contribution < 1.29 is 5.11 Å². The predicted octanol–water partition coefficient (Wildman–Crippen LogP) is 1.66. The van der Waals surface area contributed by atoms with E-state index >= 15 is 0 Å². The molecule has 13 heavy (non-hydrogen) atoms. The van der Waals surface area contributed by atoms with Gasteiger partial charge < -0.3 is 5.11 Å². The number of aliphatic hydroxyl groups is 1. The highest BCUT2D eigenvalue weighted by Gasteiger charge is 2.29. The molecular weight excluding hydrogens is 164 g/mol. The molecule has 1 aromatic rings. The summed E-state index contributed by atoms with van der Waals surface area (Å²) in [6.07, 6.45) is 5.44. The lowest BCUT2D eigenvalue weighted by molar-refractivity contribution is 0.280. The first-order chi connectivity index (χ1) is 6.36. The molecule has 0 unspecified atom stereocenters. The van der Waals surface area contributed by atoms with Crippen LogP contribution in [0.2, 0.25) is 0 Å². The second-order valence-electron chi connectivity index (χ2n) is 3.71. The molecule has 1 aliphatic carbocycles. The molecule has 72 valence electrons. The van der Waals surface area contributed by atoms with Crippen LogP contribution in [-0.4, -0.2) is 14.9 Å². The molecule has 0 radical (unpaired) electrons. The molecular formula is C10H16N2O. The van der Waals surface area contributed by atoms with Crippen molar-refractivity contribution in [2.45, 2.75) is 45.3 Å². The molecule has 0 aliphatic heterocycles. The van der Waals surface area contributed by atoms with E-state index in [0.717, 1.165) is 18.5 Å². The molecule has 1 aliphatic rings. The van der Waals surface area contributed by atoms with Crippen LogP contribution < -0.4 is 0 Å². The smallest absolute Gasteiger partial charge is 0.0715 e. The van der Waals surface area contributed by atoms with E-state index in [0.29, 0.717) is 5.92 Å². The van der Waals surface area contributed by atoms with E-state index in [1.54, 1.807) is 0 Å². The summed E-state index contributed by atoms with van der Waals surface area (Å²) in [7, 11) is 0. The average Bonchev–Trinajstić information content (AvgIpc) is 2.89. The maximum Gasteiger partial charge on any atom is 0.0715 e. The van der Waals surface area contributed by atoms with Crippen molar-refractivity contribution in [2.75, 3.05) is 0 Å². The van der Waals surface area contributed by atoms with E-state index in [1.807, 2.05) is 6.20 Å². The van der Waals surface area contributed by atoms with Crippen LogP contribution in [0.1, 0.15) is 43.4 Å². The fourth-order valence-electron chi connectivity index (χ4n) is 1.78. The molecule has 0 aromatic carbocycles. The Hall–Kier alpha value is -0.830. The Morgan fingerprint density at radius 2 is 2.38 bits per heavy atom. The number of nitrogens with zero attached hydrogens (tertiary/aromatic N) is 2. The topological polar surface area (TPSA) is 38.0 Å². The molecule has 1 aromatic heterocycles.